The summed E-state index contributed by atoms with van der Waals surface area (Å²) in [5.74, 6) is 0.827. The highest BCUT2D eigenvalue weighted by Crippen LogP contribution is 2.25. The van der Waals surface area contributed by atoms with Gasteiger partial charge in [0.25, 0.3) is 5.91 Å². The highest BCUT2D eigenvalue weighted by atomic mass is 16.5. The van der Waals surface area contributed by atoms with Crippen LogP contribution in [-0.4, -0.2) is 60.8 Å². The molecule has 0 saturated carbocycles. The third-order valence-electron chi connectivity index (χ3n) is 5.34. The number of nitrogens with zero attached hydrogens (tertiary/aromatic N) is 3. The predicted octanol–water partition coefficient (Wildman–Crippen LogP) is 1.43. The average Bonchev–Trinajstić information content (AvgIpc) is 3.04. The molecule has 0 spiro atoms. The number of anilines is 1. The maximum atomic E-state index is 11.9. The summed E-state index contributed by atoms with van der Waals surface area (Å²) >= 11 is 0. The molecular weight excluding hydrogens is 318 g/mol. The van der Waals surface area contributed by atoms with E-state index in [1.807, 2.05) is 13.8 Å². The first-order valence-corrected chi connectivity index (χ1v) is 8.83. The summed E-state index contributed by atoms with van der Waals surface area (Å²) in [6, 6.07) is 0.597. The Bertz CT molecular complexity index is 632. The molecule has 2 N–H and O–H groups in total. The molecule has 0 bridgehead atoms. The Kier molecular flexibility index (Phi) is 6.00. The van der Waals surface area contributed by atoms with Gasteiger partial charge in [-0.25, -0.2) is 9.97 Å². The van der Waals surface area contributed by atoms with Gasteiger partial charge in [0.15, 0.2) is 0 Å². The van der Waals surface area contributed by atoms with Crippen molar-refractivity contribution in [3.8, 4) is 0 Å². The third kappa shape index (κ3) is 4.27. The van der Waals surface area contributed by atoms with Gasteiger partial charge in [0, 0.05) is 50.6 Å². The minimum Gasteiger partial charge on any atom is -0.377 e. The monoisotopic (exact) mass is 349 g/mol. The van der Waals surface area contributed by atoms with E-state index in [0.717, 1.165) is 36.6 Å². The van der Waals surface area contributed by atoms with E-state index < -0.39 is 0 Å². The van der Waals surface area contributed by atoms with E-state index in [1.165, 1.54) is 0 Å². The highest BCUT2D eigenvalue weighted by molar-refractivity contribution is 5.90. The standard InChI is InChI=1S/C18H31N5O2/c1-11-12(2)20-15(17(24)19-6)22-16(11)23-9-8-14(10-23)21-13(3)18(4,5)25-7/h13-14,21H,8-10H2,1-7H3,(H,19,24)/t13?,14-/m1/s1. The molecule has 2 heterocycles. The third-order valence-corrected chi connectivity index (χ3v) is 5.34. The number of ether oxygens (including phenoxy) is 1. The zero-order valence-corrected chi connectivity index (χ0v) is 16.4. The van der Waals surface area contributed by atoms with Gasteiger partial charge in [-0.3, -0.25) is 4.79 Å². The molecule has 0 aromatic carbocycles. The van der Waals surface area contributed by atoms with Crippen molar-refractivity contribution >= 4 is 11.7 Å². The molecule has 2 atom stereocenters. The molecule has 1 fully saturated rings. The van der Waals surface area contributed by atoms with E-state index >= 15 is 0 Å². The first-order valence-electron chi connectivity index (χ1n) is 8.83. The lowest BCUT2D eigenvalue weighted by Gasteiger charge is -2.33. The number of amides is 1. The molecule has 1 aliphatic heterocycles. The van der Waals surface area contributed by atoms with Crippen LogP contribution in [0.25, 0.3) is 0 Å². The van der Waals surface area contributed by atoms with Crippen molar-refractivity contribution in [3.05, 3.63) is 17.1 Å². The molecule has 1 aromatic heterocycles. The Morgan fingerprint density at radius 3 is 2.64 bits per heavy atom. The van der Waals surface area contributed by atoms with Crippen molar-refractivity contribution in [2.75, 3.05) is 32.1 Å². The van der Waals surface area contributed by atoms with Crippen LogP contribution in [0.1, 0.15) is 49.1 Å². The number of hydrogen-bond acceptors (Lipinski definition) is 6. The number of carbonyl (C=O) groups is 1. The minimum atomic E-state index is -0.256. The van der Waals surface area contributed by atoms with Crippen molar-refractivity contribution in [2.45, 2.75) is 58.7 Å². The summed E-state index contributed by atoms with van der Waals surface area (Å²) in [6.07, 6.45) is 1.03. The summed E-state index contributed by atoms with van der Waals surface area (Å²) in [4.78, 5) is 23.0. The molecule has 2 rings (SSSR count). The van der Waals surface area contributed by atoms with Gasteiger partial charge in [-0.05, 0) is 41.0 Å². The number of methoxy groups -OCH3 is 1. The molecular formula is C18H31N5O2. The predicted molar refractivity (Wildman–Crippen MR) is 99.2 cm³/mol. The normalized spacial score (nSPS) is 19.2. The van der Waals surface area contributed by atoms with Crippen LogP contribution in [0.2, 0.25) is 0 Å². The Morgan fingerprint density at radius 1 is 1.36 bits per heavy atom. The Labute approximate surface area is 150 Å². The summed E-state index contributed by atoms with van der Waals surface area (Å²) in [7, 11) is 3.34. The van der Waals surface area contributed by atoms with Crippen LogP contribution < -0.4 is 15.5 Å². The second-order valence-corrected chi connectivity index (χ2v) is 7.29. The largest absolute Gasteiger partial charge is 0.377 e. The molecule has 140 valence electrons. The second kappa shape index (κ2) is 7.66. The number of carbonyl (C=O) groups excluding carboxylic acids is 1. The van der Waals surface area contributed by atoms with E-state index in [1.54, 1.807) is 14.2 Å². The van der Waals surface area contributed by atoms with Gasteiger partial charge in [0.05, 0.1) is 5.60 Å². The first-order chi connectivity index (χ1) is 11.7. The van der Waals surface area contributed by atoms with Crippen molar-refractivity contribution in [1.82, 2.24) is 20.6 Å². The molecule has 7 nitrogen and oxygen atoms in total. The summed E-state index contributed by atoms with van der Waals surface area (Å²) < 4.78 is 5.57. The van der Waals surface area contributed by atoms with Crippen LogP contribution in [0.15, 0.2) is 0 Å². The van der Waals surface area contributed by atoms with Gasteiger partial charge in [-0.15, -0.1) is 0 Å². The topological polar surface area (TPSA) is 79.4 Å². The molecule has 0 aliphatic carbocycles. The Hall–Kier alpha value is -1.73. The maximum Gasteiger partial charge on any atom is 0.288 e. The van der Waals surface area contributed by atoms with E-state index in [9.17, 15) is 4.79 Å². The van der Waals surface area contributed by atoms with Crippen molar-refractivity contribution in [1.29, 1.82) is 0 Å². The number of aromatic nitrogens is 2. The van der Waals surface area contributed by atoms with Gasteiger partial charge in [-0.1, -0.05) is 0 Å². The van der Waals surface area contributed by atoms with Gasteiger partial charge in [0.1, 0.15) is 5.82 Å². The first kappa shape index (κ1) is 19.6. The highest BCUT2D eigenvalue weighted by Gasteiger charge is 2.31. The van der Waals surface area contributed by atoms with Crippen LogP contribution in [0, 0.1) is 13.8 Å². The lowest BCUT2D eigenvalue weighted by atomic mass is 9.99. The van der Waals surface area contributed by atoms with Crippen LogP contribution in [0.5, 0.6) is 0 Å². The summed E-state index contributed by atoms with van der Waals surface area (Å²) in [5, 5.41) is 6.26. The second-order valence-electron chi connectivity index (χ2n) is 7.29. The Morgan fingerprint density at radius 2 is 2.04 bits per heavy atom. The fraction of sp³-hybridized carbons (Fsp3) is 0.722. The molecule has 0 radical (unpaired) electrons. The fourth-order valence-electron chi connectivity index (χ4n) is 2.95. The molecule has 1 unspecified atom stereocenters. The van der Waals surface area contributed by atoms with Crippen molar-refractivity contribution < 1.29 is 9.53 Å². The average molecular weight is 349 g/mol. The van der Waals surface area contributed by atoms with E-state index in [-0.39, 0.29) is 23.4 Å². The number of aryl methyl sites for hydroxylation is 1. The van der Waals surface area contributed by atoms with Crippen molar-refractivity contribution in [3.63, 3.8) is 0 Å². The van der Waals surface area contributed by atoms with Gasteiger partial charge >= 0.3 is 0 Å². The zero-order chi connectivity index (χ0) is 18.8. The minimum absolute atomic E-state index is 0.221. The Balaban J connectivity index is 2.14. The van der Waals surface area contributed by atoms with E-state index in [4.69, 9.17) is 4.74 Å². The molecule has 1 aromatic rings. The molecule has 7 heteroatoms. The number of rotatable bonds is 6. The van der Waals surface area contributed by atoms with E-state index in [2.05, 4.69) is 46.3 Å². The van der Waals surface area contributed by atoms with Crippen LogP contribution in [-0.2, 0) is 4.74 Å². The zero-order valence-electron chi connectivity index (χ0n) is 16.4. The number of nitrogens with one attached hydrogen (secondary N) is 2. The van der Waals surface area contributed by atoms with Crippen LogP contribution in [0.3, 0.4) is 0 Å². The molecule has 25 heavy (non-hydrogen) atoms. The lowest BCUT2D eigenvalue weighted by Crippen LogP contribution is -2.50. The van der Waals surface area contributed by atoms with Gasteiger partial charge in [-0.2, -0.15) is 0 Å². The quantitative estimate of drug-likeness (QED) is 0.809. The summed E-state index contributed by atoms with van der Waals surface area (Å²) in [6.45, 7) is 12.0. The van der Waals surface area contributed by atoms with E-state index in [0.29, 0.717) is 6.04 Å². The number of hydrogen-bond donors (Lipinski definition) is 2. The fourth-order valence-corrected chi connectivity index (χ4v) is 2.95. The van der Waals surface area contributed by atoms with Gasteiger partial charge in [0.2, 0.25) is 5.82 Å². The molecule has 1 aliphatic rings. The SMILES string of the molecule is CNC(=O)c1nc(C)c(C)c(N2CC[C@@H](NC(C)C(C)(C)OC)C2)n1. The molecule has 1 saturated heterocycles. The van der Waals surface area contributed by atoms with Crippen LogP contribution in [0.4, 0.5) is 5.82 Å². The summed E-state index contributed by atoms with van der Waals surface area (Å²) in [5.41, 5.74) is 1.65. The smallest absolute Gasteiger partial charge is 0.288 e. The van der Waals surface area contributed by atoms with Crippen LogP contribution >= 0.6 is 0 Å². The van der Waals surface area contributed by atoms with Crippen molar-refractivity contribution in [2.24, 2.45) is 0 Å². The maximum absolute atomic E-state index is 11.9. The van der Waals surface area contributed by atoms with Gasteiger partial charge < -0.3 is 20.3 Å². The lowest BCUT2D eigenvalue weighted by molar-refractivity contribution is -0.00746. The molecule has 1 amide bonds.